The van der Waals surface area contributed by atoms with E-state index < -0.39 is 29.4 Å². The lowest BCUT2D eigenvalue weighted by Gasteiger charge is -2.19. The van der Waals surface area contributed by atoms with Crippen LogP contribution in [-0.2, 0) is 11.2 Å². The van der Waals surface area contributed by atoms with E-state index in [0.717, 1.165) is 5.57 Å². The maximum absolute atomic E-state index is 14.7. The summed E-state index contributed by atoms with van der Waals surface area (Å²) in [5, 5.41) is 9.59. The van der Waals surface area contributed by atoms with E-state index in [1.807, 2.05) is 6.92 Å². The number of ether oxygens (including phenoxy) is 1. The normalized spacial score (nSPS) is 17.8. The standard InChI is InChI=1S/C27H34F4O2.C2H4/c1-16(6-8-17(2)18(3)24(28)25(29)19(4)33-5)7-9-21-12-15-23(27(31)26(21)30)20-10-13-22(32)14-11-20;1-2/h10,12,15-17,22,32H,3-4,6-9,11,13-14H2,1-2,5H3;1-2H2/b25-24-;. The van der Waals surface area contributed by atoms with Gasteiger partial charge in [-0.1, -0.05) is 51.6 Å². The molecule has 1 N–H and O–H groups in total. The van der Waals surface area contributed by atoms with Crippen LogP contribution in [0.2, 0.25) is 0 Å². The number of aryl methyl sites for hydroxylation is 1. The summed E-state index contributed by atoms with van der Waals surface area (Å²) in [6.07, 6.45) is 5.18. The van der Waals surface area contributed by atoms with E-state index in [2.05, 4.69) is 31.1 Å². The molecule has 0 heterocycles. The first-order valence-corrected chi connectivity index (χ1v) is 11.9. The average Bonchev–Trinajstić information content (AvgIpc) is 2.88. The zero-order valence-corrected chi connectivity index (χ0v) is 21.1. The molecule has 3 atom stereocenters. The van der Waals surface area contributed by atoms with Crippen LogP contribution in [0.5, 0.6) is 0 Å². The molecule has 6 heteroatoms. The highest BCUT2D eigenvalue weighted by atomic mass is 19.2. The minimum Gasteiger partial charge on any atom is -0.494 e. The minimum atomic E-state index is -1.15. The molecule has 194 valence electrons. The van der Waals surface area contributed by atoms with Crippen molar-refractivity contribution in [2.24, 2.45) is 11.8 Å². The quantitative estimate of drug-likeness (QED) is 0.145. The van der Waals surface area contributed by atoms with Gasteiger partial charge in [-0.05, 0) is 67.1 Å². The van der Waals surface area contributed by atoms with Crippen molar-refractivity contribution in [1.82, 2.24) is 0 Å². The molecule has 2 nitrogen and oxygen atoms in total. The van der Waals surface area contributed by atoms with Crippen molar-refractivity contribution in [2.75, 3.05) is 7.11 Å². The van der Waals surface area contributed by atoms with Gasteiger partial charge in [-0.25, -0.2) is 13.2 Å². The van der Waals surface area contributed by atoms with Crippen LogP contribution in [-0.4, -0.2) is 18.3 Å². The Balaban J connectivity index is 0.00000298. The number of aliphatic hydroxyl groups is 1. The fourth-order valence-corrected chi connectivity index (χ4v) is 3.92. The largest absolute Gasteiger partial charge is 0.494 e. The second-order valence-electron chi connectivity index (χ2n) is 8.96. The predicted octanol–water partition coefficient (Wildman–Crippen LogP) is 8.55. The summed E-state index contributed by atoms with van der Waals surface area (Å²) in [7, 11) is 1.21. The summed E-state index contributed by atoms with van der Waals surface area (Å²) < 4.78 is 62.0. The molecule has 0 saturated carbocycles. The van der Waals surface area contributed by atoms with Crippen molar-refractivity contribution < 1.29 is 27.4 Å². The highest BCUT2D eigenvalue weighted by molar-refractivity contribution is 5.67. The maximum atomic E-state index is 14.7. The molecule has 1 aromatic rings. The van der Waals surface area contributed by atoms with Gasteiger partial charge in [0.25, 0.3) is 0 Å². The molecular formula is C29H38F4O2. The zero-order chi connectivity index (χ0) is 26.7. The van der Waals surface area contributed by atoms with Crippen molar-refractivity contribution in [3.63, 3.8) is 0 Å². The van der Waals surface area contributed by atoms with Gasteiger partial charge in [-0.15, -0.1) is 13.2 Å². The number of hydrogen-bond donors (Lipinski definition) is 1. The van der Waals surface area contributed by atoms with E-state index in [-0.39, 0.29) is 28.7 Å². The number of benzene rings is 1. The molecule has 1 aliphatic rings. The SMILES string of the molecule is C=C.C=C(OC)/C(F)=C(/F)C(=C)C(C)CCC(C)CCc1ccc(C2=CCC(O)CC2)c(F)c1F. The first-order valence-electron chi connectivity index (χ1n) is 11.9. The van der Waals surface area contributed by atoms with Crippen LogP contribution in [0.1, 0.15) is 63.5 Å². The summed E-state index contributed by atoms with van der Waals surface area (Å²) >= 11 is 0. The van der Waals surface area contributed by atoms with E-state index in [1.165, 1.54) is 7.11 Å². The molecule has 0 fully saturated rings. The highest BCUT2D eigenvalue weighted by Gasteiger charge is 2.21. The van der Waals surface area contributed by atoms with Crippen molar-refractivity contribution in [3.05, 3.63) is 90.3 Å². The molecule has 0 radical (unpaired) electrons. The van der Waals surface area contributed by atoms with Crippen LogP contribution >= 0.6 is 0 Å². The summed E-state index contributed by atoms with van der Waals surface area (Å²) in [6, 6.07) is 3.24. The van der Waals surface area contributed by atoms with E-state index in [0.29, 0.717) is 50.5 Å². The Labute approximate surface area is 207 Å². The Morgan fingerprint density at radius 1 is 1.06 bits per heavy atom. The average molecular weight is 495 g/mol. The third-order valence-electron chi connectivity index (χ3n) is 6.45. The van der Waals surface area contributed by atoms with Gasteiger partial charge in [-0.3, -0.25) is 0 Å². The van der Waals surface area contributed by atoms with Crippen LogP contribution in [0.15, 0.2) is 67.5 Å². The number of hydrogen-bond acceptors (Lipinski definition) is 2. The fourth-order valence-electron chi connectivity index (χ4n) is 3.92. The molecule has 0 saturated heterocycles. The first-order chi connectivity index (χ1) is 16.6. The van der Waals surface area contributed by atoms with Gasteiger partial charge in [0.1, 0.15) is 5.76 Å². The second-order valence-corrected chi connectivity index (χ2v) is 8.96. The molecule has 2 rings (SSSR count). The Morgan fingerprint density at radius 2 is 1.71 bits per heavy atom. The van der Waals surface area contributed by atoms with Crippen molar-refractivity contribution in [1.29, 1.82) is 0 Å². The molecule has 1 aromatic carbocycles. The molecule has 0 aliphatic heterocycles. The molecule has 0 amide bonds. The van der Waals surface area contributed by atoms with Crippen molar-refractivity contribution >= 4 is 5.57 Å². The van der Waals surface area contributed by atoms with Crippen molar-refractivity contribution in [3.8, 4) is 0 Å². The van der Waals surface area contributed by atoms with Crippen LogP contribution in [0.3, 0.4) is 0 Å². The third kappa shape index (κ3) is 8.53. The predicted molar refractivity (Wildman–Crippen MR) is 136 cm³/mol. The number of rotatable bonds is 11. The van der Waals surface area contributed by atoms with Gasteiger partial charge >= 0.3 is 0 Å². The monoisotopic (exact) mass is 494 g/mol. The lowest BCUT2D eigenvalue weighted by molar-refractivity contribution is 0.166. The number of methoxy groups -OCH3 is 1. The topological polar surface area (TPSA) is 29.5 Å². The summed E-state index contributed by atoms with van der Waals surface area (Å²) in [4.78, 5) is 0. The smallest absolute Gasteiger partial charge is 0.200 e. The number of allylic oxidation sites excluding steroid dienone is 4. The van der Waals surface area contributed by atoms with E-state index in [9.17, 15) is 22.7 Å². The van der Waals surface area contributed by atoms with E-state index in [4.69, 9.17) is 0 Å². The molecule has 0 aromatic heterocycles. The van der Waals surface area contributed by atoms with Crippen molar-refractivity contribution in [2.45, 2.75) is 64.9 Å². The maximum Gasteiger partial charge on any atom is 0.200 e. The minimum absolute atomic E-state index is 0.0474. The van der Waals surface area contributed by atoms with E-state index in [1.54, 1.807) is 25.1 Å². The van der Waals surface area contributed by atoms with Gasteiger partial charge in [-0.2, -0.15) is 4.39 Å². The number of aliphatic hydroxyl groups excluding tert-OH is 1. The van der Waals surface area contributed by atoms with Crippen LogP contribution in [0, 0.1) is 23.5 Å². The molecule has 1 aliphatic carbocycles. The number of halogens is 4. The molecule has 0 spiro atoms. The molecule has 3 unspecified atom stereocenters. The Bertz CT molecular complexity index is 948. The Kier molecular flexibility index (Phi) is 12.8. The zero-order valence-electron chi connectivity index (χ0n) is 21.1. The molecule has 35 heavy (non-hydrogen) atoms. The molecular weight excluding hydrogens is 456 g/mol. The van der Waals surface area contributed by atoms with Crippen LogP contribution in [0.4, 0.5) is 17.6 Å². The van der Waals surface area contributed by atoms with Gasteiger partial charge in [0.15, 0.2) is 23.3 Å². The fraction of sp³-hybridized carbons (Fsp3) is 0.448. The van der Waals surface area contributed by atoms with Gasteiger partial charge in [0, 0.05) is 5.56 Å². The Hall–Kier alpha value is -2.60. The lowest BCUT2D eigenvalue weighted by Crippen LogP contribution is -2.11. The molecule has 0 bridgehead atoms. The van der Waals surface area contributed by atoms with Crippen LogP contribution < -0.4 is 0 Å². The lowest BCUT2D eigenvalue weighted by atomic mass is 9.88. The summed E-state index contributed by atoms with van der Waals surface area (Å²) in [5.74, 6) is -4.36. The van der Waals surface area contributed by atoms with Gasteiger partial charge in [0.2, 0.25) is 0 Å². The highest BCUT2D eigenvalue weighted by Crippen LogP contribution is 2.32. The summed E-state index contributed by atoms with van der Waals surface area (Å²) in [6.45, 7) is 16.7. The van der Waals surface area contributed by atoms with Crippen LogP contribution in [0.25, 0.3) is 5.57 Å². The summed E-state index contributed by atoms with van der Waals surface area (Å²) in [5.41, 5.74) is 1.37. The third-order valence-corrected chi connectivity index (χ3v) is 6.45. The van der Waals surface area contributed by atoms with E-state index >= 15 is 0 Å². The first kappa shape index (κ1) is 30.4. The Morgan fingerprint density at radius 3 is 2.29 bits per heavy atom. The van der Waals surface area contributed by atoms with Gasteiger partial charge in [0.05, 0.1) is 13.2 Å². The second kappa shape index (κ2) is 14.7. The van der Waals surface area contributed by atoms with Gasteiger partial charge < -0.3 is 9.84 Å².